The molecule has 142 valence electrons. The highest BCUT2D eigenvalue weighted by Gasteiger charge is 2.27. The molecule has 0 atom stereocenters. The average Bonchev–Trinajstić information content (AvgIpc) is 3.11. The van der Waals surface area contributed by atoms with Crippen molar-refractivity contribution in [1.29, 1.82) is 0 Å². The molecule has 0 saturated carbocycles. The van der Waals surface area contributed by atoms with Gasteiger partial charge in [0.25, 0.3) is 0 Å². The fraction of sp³-hybridized carbons (Fsp3) is 0.238. The van der Waals surface area contributed by atoms with Gasteiger partial charge in [-0.05, 0) is 11.1 Å². The lowest BCUT2D eigenvalue weighted by Gasteiger charge is -2.32. The second-order valence-corrected chi connectivity index (χ2v) is 6.68. The summed E-state index contributed by atoms with van der Waals surface area (Å²) in [5, 5.41) is 8.00. The van der Waals surface area contributed by atoms with Crippen LogP contribution >= 0.6 is 0 Å². The molecule has 0 bridgehead atoms. The van der Waals surface area contributed by atoms with Gasteiger partial charge in [0.2, 0.25) is 17.6 Å². The number of benzene rings is 2. The van der Waals surface area contributed by atoms with Crippen LogP contribution in [0.15, 0.2) is 64.3 Å². The number of carbonyl (C=O) groups excluding carboxylic acids is 1. The van der Waals surface area contributed by atoms with Crippen molar-refractivity contribution in [3.8, 4) is 11.4 Å². The minimum Gasteiger partial charge on any atom is -0.391 e. The van der Waals surface area contributed by atoms with Gasteiger partial charge in [0.1, 0.15) is 6.61 Å². The SMILES string of the molecule is Cc1nc(-c2ccc(CC(=O)N3CC(=NOCc4ccccc4)C3)cc2)no1. The van der Waals surface area contributed by atoms with E-state index in [1.54, 1.807) is 11.8 Å². The van der Waals surface area contributed by atoms with E-state index >= 15 is 0 Å². The lowest BCUT2D eigenvalue weighted by molar-refractivity contribution is -0.130. The van der Waals surface area contributed by atoms with Crippen molar-refractivity contribution in [3.05, 3.63) is 71.6 Å². The first kappa shape index (κ1) is 17.9. The summed E-state index contributed by atoms with van der Waals surface area (Å²) < 4.78 is 4.99. The van der Waals surface area contributed by atoms with Crippen LogP contribution in [-0.2, 0) is 22.7 Å². The summed E-state index contributed by atoms with van der Waals surface area (Å²) >= 11 is 0. The second-order valence-electron chi connectivity index (χ2n) is 6.68. The highest BCUT2D eigenvalue weighted by Crippen LogP contribution is 2.17. The smallest absolute Gasteiger partial charge is 0.227 e. The molecule has 28 heavy (non-hydrogen) atoms. The van der Waals surface area contributed by atoms with Gasteiger partial charge >= 0.3 is 0 Å². The average molecular weight is 376 g/mol. The summed E-state index contributed by atoms with van der Waals surface area (Å²) in [5.74, 6) is 1.15. The van der Waals surface area contributed by atoms with Crippen LogP contribution in [0.2, 0.25) is 0 Å². The minimum atomic E-state index is 0.0742. The van der Waals surface area contributed by atoms with Gasteiger partial charge in [-0.1, -0.05) is 64.9 Å². The molecule has 1 aromatic heterocycles. The van der Waals surface area contributed by atoms with E-state index < -0.39 is 0 Å². The molecule has 2 aromatic carbocycles. The van der Waals surface area contributed by atoms with Crippen LogP contribution in [0.5, 0.6) is 0 Å². The van der Waals surface area contributed by atoms with Gasteiger partial charge in [0, 0.05) is 12.5 Å². The van der Waals surface area contributed by atoms with Gasteiger partial charge in [0.15, 0.2) is 0 Å². The van der Waals surface area contributed by atoms with Crippen LogP contribution in [0.4, 0.5) is 0 Å². The Morgan fingerprint density at radius 2 is 1.86 bits per heavy atom. The number of hydrogen-bond donors (Lipinski definition) is 0. The van der Waals surface area contributed by atoms with Crippen molar-refractivity contribution in [2.24, 2.45) is 5.16 Å². The molecule has 4 rings (SSSR count). The number of oxime groups is 1. The van der Waals surface area contributed by atoms with Crippen molar-refractivity contribution < 1.29 is 14.2 Å². The molecule has 0 spiro atoms. The summed E-state index contributed by atoms with van der Waals surface area (Å²) in [7, 11) is 0. The lowest BCUT2D eigenvalue weighted by Crippen LogP contribution is -2.51. The first-order valence-electron chi connectivity index (χ1n) is 9.06. The van der Waals surface area contributed by atoms with Crippen molar-refractivity contribution in [3.63, 3.8) is 0 Å². The zero-order valence-corrected chi connectivity index (χ0v) is 15.5. The van der Waals surface area contributed by atoms with Crippen LogP contribution in [0.25, 0.3) is 11.4 Å². The molecular weight excluding hydrogens is 356 g/mol. The van der Waals surface area contributed by atoms with Crippen molar-refractivity contribution in [1.82, 2.24) is 15.0 Å². The quantitative estimate of drug-likeness (QED) is 0.618. The van der Waals surface area contributed by atoms with Gasteiger partial charge in [-0.3, -0.25) is 4.79 Å². The summed E-state index contributed by atoms with van der Waals surface area (Å²) in [5.41, 5.74) is 3.76. The van der Waals surface area contributed by atoms with Gasteiger partial charge in [-0.25, -0.2) is 0 Å². The summed E-state index contributed by atoms with van der Waals surface area (Å²) in [6, 6.07) is 17.5. The monoisotopic (exact) mass is 376 g/mol. The van der Waals surface area contributed by atoms with E-state index in [1.807, 2.05) is 54.6 Å². The Hall–Kier alpha value is -3.48. The van der Waals surface area contributed by atoms with Crippen molar-refractivity contribution in [2.75, 3.05) is 13.1 Å². The van der Waals surface area contributed by atoms with Crippen LogP contribution in [0, 0.1) is 6.92 Å². The van der Waals surface area contributed by atoms with Crippen molar-refractivity contribution >= 4 is 11.6 Å². The molecule has 1 aliphatic rings. The Labute approximate surface area is 162 Å². The Morgan fingerprint density at radius 1 is 1.11 bits per heavy atom. The molecule has 3 aromatic rings. The number of nitrogens with zero attached hydrogens (tertiary/aromatic N) is 4. The number of rotatable bonds is 6. The number of likely N-dealkylation sites (tertiary alicyclic amines) is 1. The maximum Gasteiger partial charge on any atom is 0.227 e. The Balaban J connectivity index is 1.24. The fourth-order valence-electron chi connectivity index (χ4n) is 2.88. The Kier molecular flexibility index (Phi) is 5.14. The molecule has 1 saturated heterocycles. The van der Waals surface area contributed by atoms with Gasteiger partial charge < -0.3 is 14.3 Å². The Morgan fingerprint density at radius 3 is 2.54 bits per heavy atom. The lowest BCUT2D eigenvalue weighted by atomic mass is 10.1. The van der Waals surface area contributed by atoms with E-state index in [0.29, 0.717) is 37.8 Å². The summed E-state index contributed by atoms with van der Waals surface area (Å²) in [6.45, 7) is 3.23. The van der Waals surface area contributed by atoms with Crippen LogP contribution in [0.3, 0.4) is 0 Å². The van der Waals surface area contributed by atoms with Crippen LogP contribution < -0.4 is 0 Å². The van der Waals surface area contributed by atoms with Gasteiger partial charge in [-0.15, -0.1) is 0 Å². The normalized spacial score (nSPS) is 13.2. The number of aryl methyl sites for hydroxylation is 1. The Bertz CT molecular complexity index is 972. The third-order valence-electron chi connectivity index (χ3n) is 4.46. The van der Waals surface area contributed by atoms with E-state index in [9.17, 15) is 4.79 Å². The number of amides is 1. The topological polar surface area (TPSA) is 80.8 Å². The van der Waals surface area contributed by atoms with E-state index in [1.165, 1.54) is 0 Å². The fourth-order valence-corrected chi connectivity index (χ4v) is 2.88. The first-order chi connectivity index (χ1) is 13.7. The zero-order valence-electron chi connectivity index (χ0n) is 15.5. The van der Waals surface area contributed by atoms with Crippen LogP contribution in [-0.4, -0.2) is 39.7 Å². The molecule has 7 nitrogen and oxygen atoms in total. The number of aromatic nitrogens is 2. The summed E-state index contributed by atoms with van der Waals surface area (Å²) in [6.07, 6.45) is 0.351. The van der Waals surface area contributed by atoms with Crippen molar-refractivity contribution in [2.45, 2.75) is 20.0 Å². The molecule has 7 heteroatoms. The molecule has 0 radical (unpaired) electrons. The molecule has 0 aliphatic carbocycles. The molecule has 0 N–H and O–H groups in total. The highest BCUT2D eigenvalue weighted by atomic mass is 16.6. The first-order valence-corrected chi connectivity index (χ1v) is 9.06. The minimum absolute atomic E-state index is 0.0742. The molecule has 1 fully saturated rings. The maximum absolute atomic E-state index is 12.4. The van der Waals surface area contributed by atoms with E-state index in [2.05, 4.69) is 15.3 Å². The van der Waals surface area contributed by atoms with E-state index in [0.717, 1.165) is 22.4 Å². The number of carbonyl (C=O) groups is 1. The third kappa shape index (κ3) is 4.25. The van der Waals surface area contributed by atoms with Crippen LogP contribution in [0.1, 0.15) is 17.0 Å². The predicted molar refractivity (Wildman–Crippen MR) is 103 cm³/mol. The number of hydrogen-bond acceptors (Lipinski definition) is 6. The standard InChI is InChI=1S/C21H20N4O3/c1-15-22-21(24-28-15)18-9-7-16(8-10-18)11-20(26)25-12-19(13-25)23-27-14-17-5-3-2-4-6-17/h2-10H,11-14H2,1H3. The summed E-state index contributed by atoms with van der Waals surface area (Å²) in [4.78, 5) is 23.7. The van der Waals surface area contributed by atoms with Gasteiger partial charge in [0.05, 0.1) is 25.2 Å². The molecule has 1 aliphatic heterocycles. The predicted octanol–water partition coefficient (Wildman–Crippen LogP) is 3.00. The molecule has 2 heterocycles. The second kappa shape index (κ2) is 8.04. The van der Waals surface area contributed by atoms with E-state index in [4.69, 9.17) is 9.36 Å². The third-order valence-corrected chi connectivity index (χ3v) is 4.46. The van der Waals surface area contributed by atoms with Gasteiger partial charge in [-0.2, -0.15) is 4.98 Å². The largest absolute Gasteiger partial charge is 0.391 e. The molecule has 0 unspecified atom stereocenters. The van der Waals surface area contributed by atoms with E-state index in [-0.39, 0.29) is 5.91 Å². The molecule has 1 amide bonds. The zero-order chi connectivity index (χ0) is 19.3. The molecular formula is C21H20N4O3. The maximum atomic E-state index is 12.4. The highest BCUT2D eigenvalue weighted by molar-refractivity contribution is 5.99.